The maximum absolute atomic E-state index is 8.74. The van der Waals surface area contributed by atoms with Gasteiger partial charge in [0.05, 0.1) is 12.9 Å². The molecular weight excluding hydrogens is 176 g/mol. The molecule has 0 bridgehead atoms. The lowest BCUT2D eigenvalue weighted by molar-refractivity contribution is 0.256. The number of hydrogen-bond acceptors (Lipinski definition) is 3. The van der Waals surface area contributed by atoms with Gasteiger partial charge < -0.3 is 10.0 Å². The third-order valence-corrected chi connectivity index (χ3v) is 2.78. The van der Waals surface area contributed by atoms with Gasteiger partial charge in [-0.1, -0.05) is 19.8 Å². The van der Waals surface area contributed by atoms with Crippen molar-refractivity contribution in [1.82, 2.24) is 4.90 Å². The Balaban J connectivity index is 1.90. The molecule has 0 aromatic heterocycles. The fourth-order valence-corrected chi connectivity index (χ4v) is 1.76. The van der Waals surface area contributed by atoms with Crippen molar-refractivity contribution in [3.05, 3.63) is 0 Å². The van der Waals surface area contributed by atoms with E-state index in [0.29, 0.717) is 12.5 Å². The van der Waals surface area contributed by atoms with E-state index in [9.17, 15) is 0 Å². The molecular formula is C11H22N2O. The number of aliphatic hydroxyl groups excluding tert-OH is 1. The molecule has 0 radical (unpaired) electrons. The van der Waals surface area contributed by atoms with E-state index >= 15 is 0 Å². The first kappa shape index (κ1) is 11.5. The van der Waals surface area contributed by atoms with Crippen LogP contribution in [-0.2, 0) is 0 Å². The summed E-state index contributed by atoms with van der Waals surface area (Å²) in [6.45, 7) is 5.77. The van der Waals surface area contributed by atoms with Crippen LogP contribution in [0.1, 0.15) is 32.6 Å². The Bertz CT molecular complexity index is 171. The minimum Gasteiger partial charge on any atom is -0.396 e. The molecule has 0 aliphatic carbocycles. The van der Waals surface area contributed by atoms with Crippen LogP contribution in [0.2, 0.25) is 0 Å². The number of aliphatic imine (C=N–C) groups is 1. The molecule has 3 heteroatoms. The SMILES string of the molecule is CC(CCO)CCCCN1C=NCC1. The van der Waals surface area contributed by atoms with Crippen molar-refractivity contribution in [1.29, 1.82) is 0 Å². The van der Waals surface area contributed by atoms with E-state index in [0.717, 1.165) is 26.1 Å². The molecule has 1 heterocycles. The van der Waals surface area contributed by atoms with Crippen molar-refractivity contribution in [3.63, 3.8) is 0 Å². The van der Waals surface area contributed by atoms with Gasteiger partial charge in [0, 0.05) is 19.7 Å². The van der Waals surface area contributed by atoms with Crippen LogP contribution < -0.4 is 0 Å². The predicted molar refractivity (Wildman–Crippen MR) is 59.6 cm³/mol. The molecule has 0 aromatic carbocycles. The zero-order chi connectivity index (χ0) is 10.2. The fraction of sp³-hybridized carbons (Fsp3) is 0.909. The summed E-state index contributed by atoms with van der Waals surface area (Å²) in [6.07, 6.45) is 6.68. The third-order valence-electron chi connectivity index (χ3n) is 2.78. The van der Waals surface area contributed by atoms with E-state index in [1.54, 1.807) is 0 Å². The third kappa shape index (κ3) is 4.61. The quantitative estimate of drug-likeness (QED) is 0.630. The zero-order valence-corrected chi connectivity index (χ0v) is 9.15. The normalized spacial score (nSPS) is 17.7. The summed E-state index contributed by atoms with van der Waals surface area (Å²) in [7, 11) is 0. The second-order valence-electron chi connectivity index (χ2n) is 4.17. The number of hydrogen-bond donors (Lipinski definition) is 1. The molecule has 0 saturated heterocycles. The minimum atomic E-state index is 0.333. The first-order chi connectivity index (χ1) is 6.83. The van der Waals surface area contributed by atoms with Gasteiger partial charge in [0.25, 0.3) is 0 Å². The lowest BCUT2D eigenvalue weighted by Crippen LogP contribution is -2.20. The predicted octanol–water partition coefficient (Wildman–Crippen LogP) is 1.52. The number of aliphatic hydroxyl groups is 1. The Morgan fingerprint density at radius 3 is 2.93 bits per heavy atom. The van der Waals surface area contributed by atoms with Gasteiger partial charge >= 0.3 is 0 Å². The largest absolute Gasteiger partial charge is 0.396 e. The average molecular weight is 198 g/mol. The van der Waals surface area contributed by atoms with Crippen LogP contribution in [-0.4, -0.2) is 42.6 Å². The van der Waals surface area contributed by atoms with Crippen molar-refractivity contribution in [2.24, 2.45) is 10.9 Å². The number of nitrogens with zero attached hydrogens (tertiary/aromatic N) is 2. The second kappa shape index (κ2) is 6.82. The minimum absolute atomic E-state index is 0.333. The fourth-order valence-electron chi connectivity index (χ4n) is 1.76. The van der Waals surface area contributed by atoms with Gasteiger partial charge in [-0.25, -0.2) is 0 Å². The highest BCUT2D eigenvalue weighted by Crippen LogP contribution is 2.11. The molecule has 0 saturated carbocycles. The molecule has 3 nitrogen and oxygen atoms in total. The van der Waals surface area contributed by atoms with Crippen LogP contribution in [0, 0.1) is 5.92 Å². The highest BCUT2D eigenvalue weighted by atomic mass is 16.3. The van der Waals surface area contributed by atoms with Gasteiger partial charge in [-0.05, 0) is 18.8 Å². The summed E-state index contributed by atoms with van der Waals surface area (Å²) in [4.78, 5) is 6.46. The van der Waals surface area contributed by atoms with Crippen molar-refractivity contribution in [3.8, 4) is 0 Å². The highest BCUT2D eigenvalue weighted by Gasteiger charge is 2.05. The van der Waals surface area contributed by atoms with Crippen LogP contribution >= 0.6 is 0 Å². The van der Waals surface area contributed by atoms with Crippen molar-refractivity contribution in [2.75, 3.05) is 26.2 Å². The molecule has 1 unspecified atom stereocenters. The van der Waals surface area contributed by atoms with Crippen LogP contribution in [0.25, 0.3) is 0 Å². The standard InChI is InChI=1S/C11H22N2O/c1-11(5-9-14)4-2-3-7-13-8-6-12-10-13/h10-11,14H,2-9H2,1H3. The highest BCUT2D eigenvalue weighted by molar-refractivity contribution is 5.56. The first-order valence-electron chi connectivity index (χ1n) is 5.68. The Morgan fingerprint density at radius 2 is 2.29 bits per heavy atom. The van der Waals surface area contributed by atoms with Crippen LogP contribution in [0.5, 0.6) is 0 Å². The molecule has 0 aromatic rings. The Hall–Kier alpha value is -0.570. The maximum Gasteiger partial charge on any atom is 0.0851 e. The molecule has 1 atom stereocenters. The first-order valence-corrected chi connectivity index (χ1v) is 5.68. The molecule has 1 rings (SSSR count). The zero-order valence-electron chi connectivity index (χ0n) is 9.15. The molecule has 14 heavy (non-hydrogen) atoms. The Morgan fingerprint density at radius 1 is 1.43 bits per heavy atom. The van der Waals surface area contributed by atoms with Gasteiger partial charge in [-0.2, -0.15) is 0 Å². The van der Waals surface area contributed by atoms with E-state index < -0.39 is 0 Å². The number of unbranched alkanes of at least 4 members (excludes halogenated alkanes) is 1. The Kier molecular flexibility index (Phi) is 5.60. The lowest BCUT2D eigenvalue weighted by atomic mass is 10.0. The summed E-state index contributed by atoms with van der Waals surface area (Å²) >= 11 is 0. The number of rotatable bonds is 7. The molecule has 1 aliphatic rings. The molecule has 0 spiro atoms. The van der Waals surface area contributed by atoms with Crippen molar-refractivity contribution >= 4 is 6.34 Å². The van der Waals surface area contributed by atoms with E-state index in [4.69, 9.17) is 5.11 Å². The van der Waals surface area contributed by atoms with Crippen LogP contribution in [0.15, 0.2) is 4.99 Å². The summed E-state index contributed by atoms with van der Waals surface area (Å²) in [5.41, 5.74) is 0. The molecule has 82 valence electrons. The lowest BCUT2D eigenvalue weighted by Gasteiger charge is -2.14. The second-order valence-corrected chi connectivity index (χ2v) is 4.17. The molecule has 1 aliphatic heterocycles. The van der Waals surface area contributed by atoms with Gasteiger partial charge in [-0.3, -0.25) is 4.99 Å². The van der Waals surface area contributed by atoms with E-state index in [-0.39, 0.29) is 0 Å². The van der Waals surface area contributed by atoms with Gasteiger partial charge in [0.2, 0.25) is 0 Å². The molecule has 0 amide bonds. The van der Waals surface area contributed by atoms with Gasteiger partial charge in [0.1, 0.15) is 0 Å². The van der Waals surface area contributed by atoms with Crippen LogP contribution in [0.3, 0.4) is 0 Å². The van der Waals surface area contributed by atoms with Crippen LogP contribution in [0.4, 0.5) is 0 Å². The maximum atomic E-state index is 8.74. The van der Waals surface area contributed by atoms with Gasteiger partial charge in [-0.15, -0.1) is 0 Å². The summed E-state index contributed by atoms with van der Waals surface area (Å²) in [6, 6.07) is 0. The average Bonchev–Trinajstić information content (AvgIpc) is 2.65. The van der Waals surface area contributed by atoms with E-state index in [1.165, 1.54) is 19.3 Å². The summed E-state index contributed by atoms with van der Waals surface area (Å²) in [5, 5.41) is 8.74. The Labute approximate surface area is 86.8 Å². The van der Waals surface area contributed by atoms with E-state index in [1.807, 2.05) is 6.34 Å². The van der Waals surface area contributed by atoms with E-state index in [2.05, 4.69) is 16.8 Å². The summed E-state index contributed by atoms with van der Waals surface area (Å²) in [5.74, 6) is 0.673. The van der Waals surface area contributed by atoms with Crippen molar-refractivity contribution in [2.45, 2.75) is 32.6 Å². The topological polar surface area (TPSA) is 35.8 Å². The van der Waals surface area contributed by atoms with Gasteiger partial charge in [0.15, 0.2) is 0 Å². The molecule has 0 fully saturated rings. The van der Waals surface area contributed by atoms with Crippen molar-refractivity contribution < 1.29 is 5.11 Å². The molecule has 1 N–H and O–H groups in total. The monoisotopic (exact) mass is 198 g/mol. The summed E-state index contributed by atoms with van der Waals surface area (Å²) < 4.78 is 0. The smallest absolute Gasteiger partial charge is 0.0851 e.